The first kappa shape index (κ1) is 11.9. The lowest BCUT2D eigenvalue weighted by Crippen LogP contribution is -2.41. The highest BCUT2D eigenvalue weighted by molar-refractivity contribution is 5.78. The van der Waals surface area contributed by atoms with Crippen LogP contribution in [0.5, 0.6) is 0 Å². The standard InChI is InChI=1S/C16H21NO/c1-12(18)14-6-4-8-17(10-14)11-15-9-13-5-2-3-7-16(13)15/h2-3,5,7,14-15H,4,6,8-11H2,1H3. The first-order chi connectivity index (χ1) is 8.74. The van der Waals surface area contributed by atoms with Crippen LogP contribution in [-0.2, 0) is 11.2 Å². The summed E-state index contributed by atoms with van der Waals surface area (Å²) < 4.78 is 0. The SMILES string of the molecule is CC(=O)C1CCCN(CC2Cc3ccccc32)C1. The number of Topliss-reactive ketones (excluding diaryl/α,β-unsaturated/α-hetero) is 1. The second-order valence-electron chi connectivity index (χ2n) is 5.81. The number of rotatable bonds is 3. The van der Waals surface area contributed by atoms with Crippen molar-refractivity contribution >= 4 is 5.78 Å². The Hall–Kier alpha value is -1.15. The Bertz CT molecular complexity index is 454. The summed E-state index contributed by atoms with van der Waals surface area (Å²) in [5.74, 6) is 1.36. The number of nitrogens with zero attached hydrogens (tertiary/aromatic N) is 1. The van der Waals surface area contributed by atoms with E-state index in [1.807, 2.05) is 0 Å². The van der Waals surface area contributed by atoms with E-state index in [-0.39, 0.29) is 5.92 Å². The molecule has 0 saturated carbocycles. The molecule has 2 atom stereocenters. The van der Waals surface area contributed by atoms with E-state index in [9.17, 15) is 4.79 Å². The first-order valence-electron chi connectivity index (χ1n) is 7.04. The molecular formula is C16H21NO. The lowest BCUT2D eigenvalue weighted by Gasteiger charge is -2.38. The van der Waals surface area contributed by atoms with Crippen LogP contribution in [0.15, 0.2) is 24.3 Å². The van der Waals surface area contributed by atoms with E-state index in [2.05, 4.69) is 29.2 Å². The third-order valence-corrected chi connectivity index (χ3v) is 4.52. The summed E-state index contributed by atoms with van der Waals surface area (Å²) in [6.07, 6.45) is 3.49. The Morgan fingerprint density at radius 1 is 1.39 bits per heavy atom. The fraction of sp³-hybridized carbons (Fsp3) is 0.562. The average molecular weight is 243 g/mol. The maximum absolute atomic E-state index is 11.5. The number of piperidine rings is 1. The van der Waals surface area contributed by atoms with Gasteiger partial charge in [-0.15, -0.1) is 0 Å². The smallest absolute Gasteiger partial charge is 0.134 e. The van der Waals surface area contributed by atoms with Gasteiger partial charge in [0.05, 0.1) is 0 Å². The predicted octanol–water partition coefficient (Wildman–Crippen LogP) is 2.63. The lowest BCUT2D eigenvalue weighted by molar-refractivity contribution is -0.122. The quantitative estimate of drug-likeness (QED) is 0.813. The van der Waals surface area contributed by atoms with Gasteiger partial charge in [-0.25, -0.2) is 0 Å². The van der Waals surface area contributed by atoms with Gasteiger partial charge in [-0.05, 0) is 43.9 Å². The number of likely N-dealkylation sites (tertiary alicyclic amines) is 1. The zero-order chi connectivity index (χ0) is 12.5. The first-order valence-corrected chi connectivity index (χ1v) is 7.04. The molecule has 0 aromatic heterocycles. The van der Waals surface area contributed by atoms with Gasteiger partial charge in [-0.2, -0.15) is 0 Å². The van der Waals surface area contributed by atoms with Crippen LogP contribution in [0.1, 0.15) is 36.8 Å². The van der Waals surface area contributed by atoms with Gasteiger partial charge < -0.3 is 4.90 Å². The van der Waals surface area contributed by atoms with E-state index in [0.717, 1.165) is 19.5 Å². The van der Waals surface area contributed by atoms with Crippen LogP contribution in [0.3, 0.4) is 0 Å². The van der Waals surface area contributed by atoms with Gasteiger partial charge in [0, 0.05) is 24.9 Å². The number of hydrogen-bond acceptors (Lipinski definition) is 2. The van der Waals surface area contributed by atoms with Crippen LogP contribution in [0.25, 0.3) is 0 Å². The Morgan fingerprint density at radius 3 is 3.00 bits per heavy atom. The highest BCUT2D eigenvalue weighted by Crippen LogP contribution is 2.36. The Morgan fingerprint density at radius 2 is 2.22 bits per heavy atom. The third kappa shape index (κ3) is 2.22. The number of hydrogen-bond donors (Lipinski definition) is 0. The molecule has 0 bridgehead atoms. The summed E-state index contributed by atoms with van der Waals surface area (Å²) in [5, 5.41) is 0. The Labute approximate surface area is 109 Å². The fourth-order valence-corrected chi connectivity index (χ4v) is 3.39. The monoisotopic (exact) mass is 243 g/mol. The van der Waals surface area contributed by atoms with E-state index in [1.165, 1.54) is 30.5 Å². The molecule has 96 valence electrons. The van der Waals surface area contributed by atoms with E-state index in [1.54, 1.807) is 6.92 Å². The highest BCUT2D eigenvalue weighted by Gasteiger charge is 2.30. The number of fused-ring (bicyclic) bond motifs is 1. The predicted molar refractivity (Wildman–Crippen MR) is 72.7 cm³/mol. The lowest BCUT2D eigenvalue weighted by atomic mass is 9.77. The van der Waals surface area contributed by atoms with Crippen molar-refractivity contribution < 1.29 is 4.79 Å². The minimum atomic E-state index is 0.286. The number of carbonyl (C=O) groups excluding carboxylic acids is 1. The van der Waals surface area contributed by atoms with Gasteiger partial charge in [0.1, 0.15) is 5.78 Å². The molecule has 1 aromatic carbocycles. The Kier molecular flexibility index (Phi) is 3.21. The minimum Gasteiger partial charge on any atom is -0.302 e. The molecule has 0 N–H and O–H groups in total. The van der Waals surface area contributed by atoms with Crippen molar-refractivity contribution in [3.8, 4) is 0 Å². The maximum atomic E-state index is 11.5. The van der Waals surface area contributed by atoms with Gasteiger partial charge >= 0.3 is 0 Å². The molecule has 1 aliphatic carbocycles. The van der Waals surface area contributed by atoms with Crippen LogP contribution < -0.4 is 0 Å². The molecule has 1 fully saturated rings. The summed E-state index contributed by atoms with van der Waals surface area (Å²) in [5.41, 5.74) is 3.05. The molecule has 0 spiro atoms. The summed E-state index contributed by atoms with van der Waals surface area (Å²) in [7, 11) is 0. The molecule has 1 aromatic rings. The topological polar surface area (TPSA) is 20.3 Å². The summed E-state index contributed by atoms with van der Waals surface area (Å²) in [6, 6.07) is 8.76. The van der Waals surface area contributed by atoms with Crippen molar-refractivity contribution in [1.82, 2.24) is 4.90 Å². The summed E-state index contributed by atoms with van der Waals surface area (Å²) in [6.45, 7) is 5.03. The van der Waals surface area contributed by atoms with Crippen LogP contribution >= 0.6 is 0 Å². The van der Waals surface area contributed by atoms with Gasteiger partial charge in [0.15, 0.2) is 0 Å². The van der Waals surface area contributed by atoms with Crippen molar-refractivity contribution in [2.75, 3.05) is 19.6 Å². The average Bonchev–Trinajstić information content (AvgIpc) is 2.36. The zero-order valence-corrected chi connectivity index (χ0v) is 11.1. The molecule has 2 unspecified atom stereocenters. The van der Waals surface area contributed by atoms with Crippen molar-refractivity contribution in [1.29, 1.82) is 0 Å². The molecule has 1 heterocycles. The maximum Gasteiger partial charge on any atom is 0.134 e. The van der Waals surface area contributed by atoms with Crippen LogP contribution in [0.4, 0.5) is 0 Å². The van der Waals surface area contributed by atoms with Crippen LogP contribution in [0.2, 0.25) is 0 Å². The second kappa shape index (κ2) is 4.85. The zero-order valence-electron chi connectivity index (χ0n) is 11.1. The second-order valence-corrected chi connectivity index (χ2v) is 5.81. The summed E-state index contributed by atoms with van der Waals surface area (Å²) in [4.78, 5) is 14.0. The molecule has 1 saturated heterocycles. The van der Waals surface area contributed by atoms with Gasteiger partial charge in [-0.1, -0.05) is 24.3 Å². The summed E-state index contributed by atoms with van der Waals surface area (Å²) >= 11 is 0. The molecule has 2 nitrogen and oxygen atoms in total. The molecule has 2 aliphatic rings. The van der Waals surface area contributed by atoms with Crippen molar-refractivity contribution in [2.45, 2.75) is 32.1 Å². The molecule has 3 rings (SSSR count). The molecular weight excluding hydrogens is 222 g/mol. The molecule has 18 heavy (non-hydrogen) atoms. The molecule has 0 radical (unpaired) electrons. The molecule has 2 heteroatoms. The molecule has 0 amide bonds. The van der Waals surface area contributed by atoms with E-state index in [0.29, 0.717) is 11.7 Å². The van der Waals surface area contributed by atoms with Gasteiger partial charge in [-0.3, -0.25) is 4.79 Å². The Balaban J connectivity index is 1.60. The minimum absolute atomic E-state index is 0.286. The number of benzene rings is 1. The third-order valence-electron chi connectivity index (χ3n) is 4.52. The normalized spacial score (nSPS) is 27.4. The van der Waals surface area contributed by atoms with Crippen molar-refractivity contribution in [3.05, 3.63) is 35.4 Å². The fourth-order valence-electron chi connectivity index (χ4n) is 3.39. The van der Waals surface area contributed by atoms with Gasteiger partial charge in [0.2, 0.25) is 0 Å². The van der Waals surface area contributed by atoms with Crippen LogP contribution in [0, 0.1) is 5.92 Å². The van der Waals surface area contributed by atoms with Crippen molar-refractivity contribution in [3.63, 3.8) is 0 Å². The van der Waals surface area contributed by atoms with E-state index >= 15 is 0 Å². The van der Waals surface area contributed by atoms with Crippen LogP contribution in [-0.4, -0.2) is 30.3 Å². The molecule has 1 aliphatic heterocycles. The number of carbonyl (C=O) groups is 1. The largest absolute Gasteiger partial charge is 0.302 e. The van der Waals surface area contributed by atoms with E-state index in [4.69, 9.17) is 0 Å². The highest BCUT2D eigenvalue weighted by atomic mass is 16.1. The van der Waals surface area contributed by atoms with E-state index < -0.39 is 0 Å². The van der Waals surface area contributed by atoms with Gasteiger partial charge in [0.25, 0.3) is 0 Å². The number of ketones is 1. The van der Waals surface area contributed by atoms with Crippen molar-refractivity contribution in [2.24, 2.45) is 5.92 Å².